The van der Waals surface area contributed by atoms with Gasteiger partial charge in [0.15, 0.2) is 0 Å². The van der Waals surface area contributed by atoms with Gasteiger partial charge in [0.25, 0.3) is 5.91 Å². The van der Waals surface area contributed by atoms with Gasteiger partial charge in [-0.2, -0.15) is 0 Å². The Morgan fingerprint density at radius 1 is 1.31 bits per heavy atom. The van der Waals surface area contributed by atoms with E-state index in [1.165, 1.54) is 4.90 Å². The van der Waals surface area contributed by atoms with Crippen molar-refractivity contribution in [2.75, 3.05) is 6.54 Å². The molecule has 26 heavy (non-hydrogen) atoms. The third kappa shape index (κ3) is 4.12. The molecule has 0 aliphatic carbocycles. The first-order valence-corrected chi connectivity index (χ1v) is 9.35. The highest BCUT2D eigenvalue weighted by Crippen LogP contribution is 2.35. The van der Waals surface area contributed by atoms with E-state index in [1.54, 1.807) is 36.4 Å². The van der Waals surface area contributed by atoms with E-state index < -0.39 is 5.97 Å². The molecule has 0 unspecified atom stereocenters. The molecule has 1 aromatic heterocycles. The molecule has 3 rings (SSSR count). The molecule has 134 valence electrons. The van der Waals surface area contributed by atoms with Crippen LogP contribution in [0.5, 0.6) is 0 Å². The number of carboxylic acids is 1. The molecule has 1 fully saturated rings. The number of thioether (sulfide) groups is 1. The number of halogens is 2. The predicted octanol–water partition coefficient (Wildman–Crippen LogP) is 4.93. The number of hydrogen-bond acceptors (Lipinski definition) is 5. The molecule has 9 heteroatoms. The highest BCUT2D eigenvalue weighted by Gasteiger charge is 2.32. The van der Waals surface area contributed by atoms with Crippen LogP contribution in [0.4, 0.5) is 0 Å². The first-order chi connectivity index (χ1) is 12.3. The molecule has 1 saturated heterocycles. The number of nitrogens with zero attached hydrogens (tertiary/aromatic N) is 1. The average Bonchev–Trinajstić information content (AvgIpc) is 3.14. The fourth-order valence-electron chi connectivity index (χ4n) is 2.29. The number of carbonyl (C=O) groups is 2. The Hall–Kier alpha value is -1.80. The maximum absolute atomic E-state index is 12.4. The number of thiocarbonyl (C=S) groups is 1. The molecule has 1 N–H and O–H groups in total. The van der Waals surface area contributed by atoms with Gasteiger partial charge in [-0.3, -0.25) is 14.5 Å². The third-order valence-electron chi connectivity index (χ3n) is 3.52. The van der Waals surface area contributed by atoms with Crippen LogP contribution < -0.4 is 0 Å². The lowest BCUT2D eigenvalue weighted by Gasteiger charge is -2.12. The van der Waals surface area contributed by atoms with E-state index in [9.17, 15) is 9.59 Å². The zero-order chi connectivity index (χ0) is 18.8. The molecule has 1 amide bonds. The quantitative estimate of drug-likeness (QED) is 0.538. The van der Waals surface area contributed by atoms with Crippen molar-refractivity contribution in [3.63, 3.8) is 0 Å². The number of amides is 1. The van der Waals surface area contributed by atoms with Crippen molar-refractivity contribution >= 4 is 69.5 Å². The Morgan fingerprint density at radius 3 is 2.81 bits per heavy atom. The van der Waals surface area contributed by atoms with Crippen LogP contribution in [0.1, 0.15) is 12.2 Å². The first-order valence-electron chi connectivity index (χ1n) is 7.37. The highest BCUT2D eigenvalue weighted by molar-refractivity contribution is 8.26. The fourth-order valence-corrected chi connectivity index (χ4v) is 3.96. The second-order valence-electron chi connectivity index (χ2n) is 5.30. The Morgan fingerprint density at radius 2 is 2.08 bits per heavy atom. The minimum Gasteiger partial charge on any atom is -0.481 e. The Labute approximate surface area is 168 Å². The van der Waals surface area contributed by atoms with Crippen LogP contribution in [0.15, 0.2) is 39.7 Å². The monoisotopic (exact) mass is 427 g/mol. The van der Waals surface area contributed by atoms with Gasteiger partial charge in [-0.05, 0) is 30.3 Å². The number of hydrogen-bond donors (Lipinski definition) is 1. The van der Waals surface area contributed by atoms with E-state index in [0.29, 0.717) is 36.4 Å². The molecule has 0 atom stereocenters. The Kier molecular flexibility index (Phi) is 5.72. The fraction of sp³-hybridized carbons (Fsp3) is 0.118. The van der Waals surface area contributed by atoms with Crippen molar-refractivity contribution in [3.8, 4) is 11.3 Å². The average molecular weight is 428 g/mol. The van der Waals surface area contributed by atoms with Gasteiger partial charge in [-0.15, -0.1) is 0 Å². The van der Waals surface area contributed by atoms with Crippen molar-refractivity contribution in [3.05, 3.63) is 51.0 Å². The normalized spacial score (nSPS) is 15.9. The maximum atomic E-state index is 12.4. The summed E-state index contributed by atoms with van der Waals surface area (Å²) >= 11 is 18.4. The molecular weight excluding hydrogens is 417 g/mol. The van der Waals surface area contributed by atoms with Gasteiger partial charge in [-0.25, -0.2) is 0 Å². The topological polar surface area (TPSA) is 70.8 Å². The van der Waals surface area contributed by atoms with Crippen LogP contribution in [-0.2, 0) is 9.59 Å². The molecule has 1 aliphatic heterocycles. The Balaban J connectivity index is 1.82. The standard InChI is InChI=1S/C17H11Cl2NO4S2/c18-9-1-3-12(19)11(7-9)13-4-2-10(24-13)8-14-16(23)20(17(25)26-14)6-5-15(21)22/h1-4,7-8H,5-6H2,(H,21,22). The van der Waals surface area contributed by atoms with Crippen LogP contribution >= 0.6 is 47.2 Å². The lowest BCUT2D eigenvalue weighted by atomic mass is 10.2. The SMILES string of the molecule is O=C(O)CCN1C(=O)C(=Cc2ccc(-c3cc(Cl)ccc3Cl)o2)SC1=S. The minimum absolute atomic E-state index is 0.0405. The Bertz CT molecular complexity index is 939. The number of furan rings is 1. The van der Waals surface area contributed by atoms with Gasteiger partial charge >= 0.3 is 5.97 Å². The summed E-state index contributed by atoms with van der Waals surface area (Å²) in [5, 5.41) is 9.79. The van der Waals surface area contributed by atoms with Crippen molar-refractivity contribution in [2.45, 2.75) is 6.42 Å². The van der Waals surface area contributed by atoms with Crippen molar-refractivity contribution in [1.29, 1.82) is 0 Å². The van der Waals surface area contributed by atoms with Crippen molar-refractivity contribution in [1.82, 2.24) is 4.90 Å². The lowest BCUT2D eigenvalue weighted by Crippen LogP contribution is -2.30. The molecule has 0 spiro atoms. The maximum Gasteiger partial charge on any atom is 0.305 e. The molecule has 2 aromatic rings. The van der Waals surface area contributed by atoms with Gasteiger partial charge < -0.3 is 9.52 Å². The van der Waals surface area contributed by atoms with E-state index in [1.807, 2.05) is 0 Å². The van der Waals surface area contributed by atoms with Gasteiger partial charge in [0.2, 0.25) is 0 Å². The number of rotatable bonds is 5. The molecular formula is C17H11Cl2NO4S2. The summed E-state index contributed by atoms with van der Waals surface area (Å²) in [4.78, 5) is 24.7. The summed E-state index contributed by atoms with van der Waals surface area (Å²) in [5.74, 6) is -0.350. The zero-order valence-electron chi connectivity index (χ0n) is 13.1. The second-order valence-corrected chi connectivity index (χ2v) is 7.82. The zero-order valence-corrected chi connectivity index (χ0v) is 16.2. The summed E-state index contributed by atoms with van der Waals surface area (Å²) in [5.41, 5.74) is 0.646. The largest absolute Gasteiger partial charge is 0.481 e. The van der Waals surface area contributed by atoms with Crippen LogP contribution in [-0.4, -0.2) is 32.7 Å². The first kappa shape index (κ1) is 19.0. The summed E-state index contributed by atoms with van der Waals surface area (Å²) < 4.78 is 6.07. The van der Waals surface area contributed by atoms with Gasteiger partial charge in [0.05, 0.1) is 16.3 Å². The van der Waals surface area contributed by atoms with E-state index in [-0.39, 0.29) is 18.9 Å². The number of carbonyl (C=O) groups excluding carboxylic acids is 1. The molecule has 0 bridgehead atoms. The molecule has 1 aliphatic rings. The molecule has 5 nitrogen and oxygen atoms in total. The second kappa shape index (κ2) is 7.84. The molecule has 2 heterocycles. The smallest absolute Gasteiger partial charge is 0.305 e. The van der Waals surface area contributed by atoms with Gasteiger partial charge in [-0.1, -0.05) is 47.2 Å². The van der Waals surface area contributed by atoms with Crippen LogP contribution in [0.3, 0.4) is 0 Å². The van der Waals surface area contributed by atoms with Crippen LogP contribution in [0.2, 0.25) is 10.0 Å². The lowest BCUT2D eigenvalue weighted by molar-refractivity contribution is -0.137. The van der Waals surface area contributed by atoms with Crippen LogP contribution in [0.25, 0.3) is 17.4 Å². The van der Waals surface area contributed by atoms with Gasteiger partial charge in [0.1, 0.15) is 15.8 Å². The van der Waals surface area contributed by atoms with Crippen molar-refractivity contribution < 1.29 is 19.1 Å². The summed E-state index contributed by atoms with van der Waals surface area (Å²) in [7, 11) is 0. The summed E-state index contributed by atoms with van der Waals surface area (Å²) in [6, 6.07) is 8.48. The summed E-state index contributed by atoms with van der Waals surface area (Å²) in [6.07, 6.45) is 1.40. The third-order valence-corrected chi connectivity index (χ3v) is 5.46. The van der Waals surface area contributed by atoms with Gasteiger partial charge in [0, 0.05) is 23.2 Å². The molecule has 0 saturated carbocycles. The van der Waals surface area contributed by atoms with E-state index in [0.717, 1.165) is 11.8 Å². The minimum atomic E-state index is -0.989. The van der Waals surface area contributed by atoms with E-state index in [2.05, 4.69) is 0 Å². The summed E-state index contributed by atoms with van der Waals surface area (Å²) in [6.45, 7) is 0.0405. The molecule has 1 aromatic carbocycles. The molecule has 0 radical (unpaired) electrons. The van der Waals surface area contributed by atoms with Crippen molar-refractivity contribution in [2.24, 2.45) is 0 Å². The van der Waals surface area contributed by atoms with Crippen LogP contribution in [0, 0.1) is 0 Å². The number of benzene rings is 1. The predicted molar refractivity (Wildman–Crippen MR) is 106 cm³/mol. The highest BCUT2D eigenvalue weighted by atomic mass is 35.5. The van der Waals surface area contributed by atoms with E-state index >= 15 is 0 Å². The van der Waals surface area contributed by atoms with E-state index in [4.69, 9.17) is 44.9 Å². The number of carboxylic acid groups (broad SMARTS) is 1. The number of aliphatic carboxylic acids is 1.